The lowest BCUT2D eigenvalue weighted by Crippen LogP contribution is -2.29. The summed E-state index contributed by atoms with van der Waals surface area (Å²) in [7, 11) is 0. The number of ether oxygens (including phenoxy) is 2. The van der Waals surface area contributed by atoms with E-state index in [9.17, 15) is 9.50 Å². The molecule has 0 radical (unpaired) electrons. The maximum Gasteiger partial charge on any atom is 0.169 e. The number of hydrogen-bond acceptors (Lipinski definition) is 3. The number of halogens is 1. The van der Waals surface area contributed by atoms with Crippen molar-refractivity contribution in [2.45, 2.75) is 44.7 Å². The Balaban J connectivity index is 2.30. The van der Waals surface area contributed by atoms with Gasteiger partial charge in [0.05, 0.1) is 6.61 Å². The van der Waals surface area contributed by atoms with Crippen LogP contribution in [-0.2, 0) is 9.47 Å². The third-order valence-corrected chi connectivity index (χ3v) is 3.51. The molecule has 1 aromatic rings. The van der Waals surface area contributed by atoms with Gasteiger partial charge in [0.15, 0.2) is 5.79 Å². The topological polar surface area (TPSA) is 38.7 Å². The average molecular weight is 254 g/mol. The first-order valence-electron chi connectivity index (χ1n) is 6.36. The summed E-state index contributed by atoms with van der Waals surface area (Å²) in [6, 6.07) is 6.46. The van der Waals surface area contributed by atoms with Crippen LogP contribution < -0.4 is 0 Å². The van der Waals surface area contributed by atoms with Crippen LogP contribution in [0.25, 0.3) is 0 Å². The van der Waals surface area contributed by atoms with Crippen LogP contribution in [-0.4, -0.2) is 23.6 Å². The van der Waals surface area contributed by atoms with Gasteiger partial charge in [-0.3, -0.25) is 0 Å². The van der Waals surface area contributed by atoms with Crippen molar-refractivity contribution < 1.29 is 19.0 Å². The van der Waals surface area contributed by atoms with Crippen molar-refractivity contribution in [3.63, 3.8) is 0 Å². The van der Waals surface area contributed by atoms with Crippen molar-refractivity contribution in [3.05, 3.63) is 35.6 Å². The van der Waals surface area contributed by atoms with Crippen molar-refractivity contribution in [2.24, 2.45) is 0 Å². The minimum atomic E-state index is -0.708. The highest BCUT2D eigenvalue weighted by molar-refractivity contribution is 5.22. The summed E-state index contributed by atoms with van der Waals surface area (Å²) in [5.41, 5.74) is 0.445. The van der Waals surface area contributed by atoms with Crippen molar-refractivity contribution in [2.75, 3.05) is 6.61 Å². The Morgan fingerprint density at radius 1 is 1.22 bits per heavy atom. The molecule has 3 nitrogen and oxygen atoms in total. The van der Waals surface area contributed by atoms with Gasteiger partial charge >= 0.3 is 0 Å². The maximum absolute atomic E-state index is 13.8. The number of aliphatic hydroxyl groups is 1. The molecule has 0 bridgehead atoms. The summed E-state index contributed by atoms with van der Waals surface area (Å²) < 4.78 is 25.5. The smallest absolute Gasteiger partial charge is 0.169 e. The molecule has 1 saturated heterocycles. The number of hydrogen-bond donors (Lipinski definition) is 1. The second kappa shape index (κ2) is 5.34. The van der Waals surface area contributed by atoms with Gasteiger partial charge in [0.25, 0.3) is 0 Å². The van der Waals surface area contributed by atoms with E-state index >= 15 is 0 Å². The number of rotatable bonds is 4. The van der Waals surface area contributed by atoms with Crippen molar-refractivity contribution in [1.82, 2.24) is 0 Å². The second-order valence-corrected chi connectivity index (χ2v) is 4.52. The Morgan fingerprint density at radius 3 is 2.44 bits per heavy atom. The van der Waals surface area contributed by atoms with Gasteiger partial charge in [-0.1, -0.05) is 32.0 Å². The van der Waals surface area contributed by atoms with E-state index < -0.39 is 18.0 Å². The quantitative estimate of drug-likeness (QED) is 0.898. The summed E-state index contributed by atoms with van der Waals surface area (Å²) in [5.74, 6) is -1.03. The zero-order chi connectivity index (χ0) is 13.2. The summed E-state index contributed by atoms with van der Waals surface area (Å²) >= 11 is 0. The fourth-order valence-electron chi connectivity index (χ4n) is 2.36. The molecule has 1 aliphatic rings. The molecule has 18 heavy (non-hydrogen) atoms. The minimum absolute atomic E-state index is 0.180. The van der Waals surface area contributed by atoms with Gasteiger partial charge in [0.2, 0.25) is 0 Å². The zero-order valence-electron chi connectivity index (χ0n) is 10.7. The molecule has 1 aromatic carbocycles. The maximum atomic E-state index is 13.8. The van der Waals surface area contributed by atoms with Crippen molar-refractivity contribution in [1.29, 1.82) is 0 Å². The minimum Gasteiger partial charge on any atom is -0.394 e. The molecule has 0 aliphatic carbocycles. The van der Waals surface area contributed by atoms with Gasteiger partial charge in [-0.15, -0.1) is 0 Å². The standard InChI is InChI=1S/C14H19FO3/c1-3-14(4-2)17-12(9-16)13(18-14)10-7-5-6-8-11(10)15/h5-8,12-13,16H,3-4,9H2,1-2H3. The predicted molar refractivity (Wildman–Crippen MR) is 65.5 cm³/mol. The highest BCUT2D eigenvalue weighted by Crippen LogP contribution is 2.42. The van der Waals surface area contributed by atoms with Crippen molar-refractivity contribution in [3.8, 4) is 0 Å². The summed E-state index contributed by atoms with van der Waals surface area (Å²) in [5, 5.41) is 9.38. The average Bonchev–Trinajstić information content (AvgIpc) is 2.79. The van der Waals surface area contributed by atoms with Gasteiger partial charge in [0, 0.05) is 5.56 Å². The molecule has 1 aliphatic heterocycles. The third kappa shape index (κ3) is 2.28. The number of benzene rings is 1. The molecule has 0 saturated carbocycles. The van der Waals surface area contributed by atoms with Crippen LogP contribution in [0.2, 0.25) is 0 Å². The van der Waals surface area contributed by atoms with E-state index in [4.69, 9.17) is 9.47 Å². The molecule has 1 heterocycles. The van der Waals surface area contributed by atoms with Crippen LogP contribution in [0.4, 0.5) is 4.39 Å². The van der Waals surface area contributed by atoms with Crippen LogP contribution in [0.1, 0.15) is 38.4 Å². The molecule has 2 atom stereocenters. The highest BCUT2D eigenvalue weighted by Gasteiger charge is 2.46. The second-order valence-electron chi connectivity index (χ2n) is 4.52. The summed E-state index contributed by atoms with van der Waals surface area (Å²) in [6.45, 7) is 3.74. The Labute approximate surface area is 107 Å². The van der Waals surface area contributed by atoms with E-state index in [2.05, 4.69) is 0 Å². The fraction of sp³-hybridized carbons (Fsp3) is 0.571. The molecule has 2 rings (SSSR count). The SMILES string of the molecule is CCC1(CC)OC(CO)C(c2ccccc2F)O1. The van der Waals surface area contributed by atoms with E-state index in [0.717, 1.165) is 0 Å². The predicted octanol–water partition coefficient (Wildman–Crippen LogP) is 2.79. The lowest BCUT2D eigenvalue weighted by Gasteiger charge is -2.25. The first-order valence-corrected chi connectivity index (χ1v) is 6.36. The molecular weight excluding hydrogens is 235 g/mol. The van der Waals surface area contributed by atoms with E-state index in [1.54, 1.807) is 18.2 Å². The van der Waals surface area contributed by atoms with Crippen LogP contribution in [0, 0.1) is 5.82 Å². The van der Waals surface area contributed by atoms with Gasteiger partial charge in [0.1, 0.15) is 18.0 Å². The van der Waals surface area contributed by atoms with Gasteiger partial charge in [-0.2, -0.15) is 0 Å². The van der Waals surface area contributed by atoms with Crippen LogP contribution in [0.15, 0.2) is 24.3 Å². The van der Waals surface area contributed by atoms with E-state index in [0.29, 0.717) is 18.4 Å². The third-order valence-electron chi connectivity index (χ3n) is 3.51. The molecule has 100 valence electrons. The molecular formula is C14H19FO3. The molecule has 4 heteroatoms. The van der Waals surface area contributed by atoms with Crippen LogP contribution >= 0.6 is 0 Å². The summed E-state index contributed by atoms with van der Waals surface area (Å²) in [6.07, 6.45) is 0.286. The molecule has 1 fully saturated rings. The number of aliphatic hydroxyl groups excluding tert-OH is 1. The monoisotopic (exact) mass is 254 g/mol. The van der Waals surface area contributed by atoms with Crippen molar-refractivity contribution >= 4 is 0 Å². The van der Waals surface area contributed by atoms with Gasteiger partial charge < -0.3 is 14.6 Å². The molecule has 1 N–H and O–H groups in total. The van der Waals surface area contributed by atoms with Crippen LogP contribution in [0.5, 0.6) is 0 Å². The highest BCUT2D eigenvalue weighted by atomic mass is 19.1. The first-order chi connectivity index (χ1) is 8.65. The molecule has 0 spiro atoms. The van der Waals surface area contributed by atoms with Crippen LogP contribution in [0.3, 0.4) is 0 Å². The summed E-state index contributed by atoms with van der Waals surface area (Å²) in [4.78, 5) is 0. The lowest BCUT2D eigenvalue weighted by molar-refractivity contribution is -0.182. The zero-order valence-corrected chi connectivity index (χ0v) is 10.7. The lowest BCUT2D eigenvalue weighted by atomic mass is 10.0. The molecule has 2 unspecified atom stereocenters. The Kier molecular flexibility index (Phi) is 4.00. The largest absolute Gasteiger partial charge is 0.394 e. The Hall–Kier alpha value is -0.970. The molecule has 0 aromatic heterocycles. The van der Waals surface area contributed by atoms with Gasteiger partial charge in [-0.05, 0) is 18.9 Å². The fourth-order valence-corrected chi connectivity index (χ4v) is 2.36. The van der Waals surface area contributed by atoms with Gasteiger partial charge in [-0.25, -0.2) is 4.39 Å². The Morgan fingerprint density at radius 2 is 1.89 bits per heavy atom. The Bertz CT molecular complexity index is 404. The normalized spacial score (nSPS) is 26.4. The first kappa shape index (κ1) is 13.5. The van der Waals surface area contributed by atoms with E-state index in [1.807, 2.05) is 13.8 Å². The van der Waals surface area contributed by atoms with E-state index in [1.165, 1.54) is 6.07 Å². The molecule has 0 amide bonds. The van der Waals surface area contributed by atoms with E-state index in [-0.39, 0.29) is 12.4 Å².